The van der Waals surface area contributed by atoms with Crippen LogP contribution in [0.3, 0.4) is 0 Å². The molecule has 0 heterocycles. The zero-order chi connectivity index (χ0) is 14.8. The van der Waals surface area contributed by atoms with E-state index >= 15 is 0 Å². The summed E-state index contributed by atoms with van der Waals surface area (Å²) < 4.78 is 31.0. The molecule has 106 valence electrons. The van der Waals surface area contributed by atoms with E-state index in [-0.39, 0.29) is 4.90 Å². The number of esters is 1. The third kappa shape index (κ3) is 3.24. The Labute approximate surface area is 113 Å². The lowest BCUT2D eigenvalue weighted by Gasteiger charge is -2.15. The van der Waals surface area contributed by atoms with Crippen molar-refractivity contribution in [1.82, 2.24) is 4.72 Å². The molecule has 0 aliphatic heterocycles. The van der Waals surface area contributed by atoms with E-state index in [0.29, 0.717) is 16.8 Å². The van der Waals surface area contributed by atoms with Crippen LogP contribution in [-0.4, -0.2) is 28.0 Å². The Morgan fingerprint density at radius 1 is 1.32 bits per heavy atom. The summed E-state index contributed by atoms with van der Waals surface area (Å²) in [7, 11) is -2.61. The summed E-state index contributed by atoms with van der Waals surface area (Å²) >= 11 is 0. The lowest BCUT2D eigenvalue weighted by molar-refractivity contribution is -0.139. The van der Waals surface area contributed by atoms with Crippen molar-refractivity contribution < 1.29 is 17.9 Å². The number of hydrogen-bond donors (Lipinski definition) is 2. The number of carbonyl (C=O) groups excluding carboxylic acids is 1. The van der Waals surface area contributed by atoms with Gasteiger partial charge in [-0.15, -0.1) is 0 Å². The van der Waals surface area contributed by atoms with Crippen molar-refractivity contribution in [2.24, 2.45) is 0 Å². The molecule has 3 N–H and O–H groups in total. The van der Waals surface area contributed by atoms with Gasteiger partial charge in [-0.1, -0.05) is 6.07 Å². The SMILES string of the molecule is COC(=O)CNS(=O)(=O)c1c(C)cc(C)c(N)c1C. The normalized spacial score (nSPS) is 11.4. The molecule has 0 atom stereocenters. The fourth-order valence-electron chi connectivity index (χ4n) is 1.89. The minimum atomic E-state index is -3.80. The molecule has 0 saturated heterocycles. The second-order valence-electron chi connectivity index (χ2n) is 4.28. The number of carbonyl (C=O) groups is 1. The number of nitrogens with one attached hydrogen (secondary N) is 1. The molecule has 0 bridgehead atoms. The van der Waals surface area contributed by atoms with Crippen LogP contribution in [0.1, 0.15) is 16.7 Å². The summed E-state index contributed by atoms with van der Waals surface area (Å²) in [5.41, 5.74) is 8.17. The summed E-state index contributed by atoms with van der Waals surface area (Å²) in [6.45, 7) is 4.73. The molecule has 1 aromatic rings. The number of methoxy groups -OCH3 is 1. The number of anilines is 1. The van der Waals surface area contributed by atoms with E-state index in [4.69, 9.17) is 5.73 Å². The van der Waals surface area contributed by atoms with Crippen LogP contribution in [0.5, 0.6) is 0 Å². The third-order valence-corrected chi connectivity index (χ3v) is 4.55. The molecule has 0 radical (unpaired) electrons. The van der Waals surface area contributed by atoms with Crippen LogP contribution in [-0.2, 0) is 19.6 Å². The Balaban J connectivity index is 3.22. The fourth-order valence-corrected chi connectivity index (χ4v) is 3.34. The highest BCUT2D eigenvalue weighted by Crippen LogP contribution is 2.27. The van der Waals surface area contributed by atoms with Crippen LogP contribution >= 0.6 is 0 Å². The highest BCUT2D eigenvalue weighted by Gasteiger charge is 2.22. The van der Waals surface area contributed by atoms with Gasteiger partial charge in [-0.3, -0.25) is 4.79 Å². The van der Waals surface area contributed by atoms with Crippen molar-refractivity contribution in [2.75, 3.05) is 19.4 Å². The van der Waals surface area contributed by atoms with E-state index in [1.54, 1.807) is 19.9 Å². The molecular formula is C12H18N2O4S. The molecule has 1 rings (SSSR count). The zero-order valence-corrected chi connectivity index (χ0v) is 12.2. The predicted octanol–water partition coefficient (Wildman–Crippen LogP) is 0.645. The van der Waals surface area contributed by atoms with Gasteiger partial charge in [-0.05, 0) is 37.5 Å². The molecule has 0 unspecified atom stereocenters. The molecule has 0 aliphatic rings. The van der Waals surface area contributed by atoms with Crippen LogP contribution < -0.4 is 10.5 Å². The lowest BCUT2D eigenvalue weighted by Crippen LogP contribution is -2.31. The number of hydrogen-bond acceptors (Lipinski definition) is 5. The van der Waals surface area contributed by atoms with Crippen LogP contribution in [0.25, 0.3) is 0 Å². The first kappa shape index (κ1) is 15.5. The quantitative estimate of drug-likeness (QED) is 0.625. The number of benzene rings is 1. The highest BCUT2D eigenvalue weighted by atomic mass is 32.2. The van der Waals surface area contributed by atoms with E-state index in [2.05, 4.69) is 9.46 Å². The van der Waals surface area contributed by atoms with Crippen LogP contribution in [0.2, 0.25) is 0 Å². The second kappa shape index (κ2) is 5.58. The number of nitrogen functional groups attached to an aromatic ring is 1. The molecule has 0 saturated carbocycles. The zero-order valence-electron chi connectivity index (χ0n) is 11.4. The summed E-state index contributed by atoms with van der Waals surface area (Å²) in [6, 6.07) is 1.70. The molecule has 0 fully saturated rings. The minimum absolute atomic E-state index is 0.111. The number of nitrogens with two attached hydrogens (primary N) is 1. The Kier molecular flexibility index (Phi) is 4.54. The Morgan fingerprint density at radius 3 is 2.42 bits per heavy atom. The Morgan fingerprint density at radius 2 is 1.89 bits per heavy atom. The van der Waals surface area contributed by atoms with Crippen LogP contribution in [0, 0.1) is 20.8 Å². The van der Waals surface area contributed by atoms with Gasteiger partial charge in [0.25, 0.3) is 0 Å². The van der Waals surface area contributed by atoms with Gasteiger partial charge in [-0.2, -0.15) is 4.72 Å². The topological polar surface area (TPSA) is 98.5 Å². The van der Waals surface area contributed by atoms with E-state index < -0.39 is 22.5 Å². The maximum absolute atomic E-state index is 12.2. The van der Waals surface area contributed by atoms with Gasteiger partial charge < -0.3 is 10.5 Å². The molecule has 0 aromatic heterocycles. The standard InChI is InChI=1S/C12H18N2O4S/c1-7-5-8(2)12(9(3)11(7)13)19(16,17)14-6-10(15)18-4/h5,14H,6,13H2,1-4H3. The number of rotatable bonds is 4. The summed E-state index contributed by atoms with van der Waals surface area (Å²) in [4.78, 5) is 11.1. The number of aryl methyl sites for hydroxylation is 2. The lowest BCUT2D eigenvalue weighted by atomic mass is 10.1. The first-order valence-electron chi connectivity index (χ1n) is 5.63. The second-order valence-corrected chi connectivity index (χ2v) is 5.98. The Bertz CT molecular complexity index is 609. The number of sulfonamides is 1. The molecule has 7 heteroatoms. The van der Waals surface area contributed by atoms with Gasteiger partial charge in [0.1, 0.15) is 6.54 Å². The highest BCUT2D eigenvalue weighted by molar-refractivity contribution is 7.89. The van der Waals surface area contributed by atoms with E-state index in [9.17, 15) is 13.2 Å². The maximum Gasteiger partial charge on any atom is 0.320 e. The van der Waals surface area contributed by atoms with Gasteiger partial charge in [0.2, 0.25) is 10.0 Å². The molecule has 1 aromatic carbocycles. The summed E-state index contributed by atoms with van der Waals surface area (Å²) in [5.74, 6) is -0.654. The molecule has 0 spiro atoms. The summed E-state index contributed by atoms with van der Waals surface area (Å²) in [6.07, 6.45) is 0. The van der Waals surface area contributed by atoms with Gasteiger partial charge in [-0.25, -0.2) is 8.42 Å². The minimum Gasteiger partial charge on any atom is -0.468 e. The van der Waals surface area contributed by atoms with Gasteiger partial charge in [0, 0.05) is 5.69 Å². The number of ether oxygens (including phenoxy) is 1. The smallest absolute Gasteiger partial charge is 0.320 e. The summed E-state index contributed by atoms with van der Waals surface area (Å²) in [5, 5.41) is 0. The van der Waals surface area contributed by atoms with Crippen molar-refractivity contribution in [3.05, 3.63) is 22.8 Å². The largest absolute Gasteiger partial charge is 0.468 e. The van der Waals surface area contributed by atoms with Crippen molar-refractivity contribution in [3.63, 3.8) is 0 Å². The van der Waals surface area contributed by atoms with Gasteiger partial charge in [0.05, 0.1) is 12.0 Å². The molecule has 0 amide bonds. The van der Waals surface area contributed by atoms with Crippen molar-refractivity contribution in [2.45, 2.75) is 25.7 Å². The molecule has 0 aliphatic carbocycles. The van der Waals surface area contributed by atoms with Crippen LogP contribution in [0.15, 0.2) is 11.0 Å². The average molecular weight is 286 g/mol. The van der Waals surface area contributed by atoms with Gasteiger partial charge >= 0.3 is 5.97 Å². The van der Waals surface area contributed by atoms with Crippen molar-refractivity contribution in [1.29, 1.82) is 0 Å². The van der Waals surface area contributed by atoms with Gasteiger partial charge in [0.15, 0.2) is 0 Å². The predicted molar refractivity (Wildman–Crippen MR) is 72.3 cm³/mol. The van der Waals surface area contributed by atoms with Crippen molar-refractivity contribution >= 4 is 21.7 Å². The average Bonchev–Trinajstić information content (AvgIpc) is 2.33. The molecule has 6 nitrogen and oxygen atoms in total. The Hall–Kier alpha value is -1.60. The maximum atomic E-state index is 12.2. The third-order valence-electron chi connectivity index (χ3n) is 2.86. The first-order valence-corrected chi connectivity index (χ1v) is 7.11. The van der Waals surface area contributed by atoms with Crippen LogP contribution in [0.4, 0.5) is 5.69 Å². The van der Waals surface area contributed by atoms with E-state index in [1.807, 2.05) is 6.92 Å². The fraction of sp³-hybridized carbons (Fsp3) is 0.417. The monoisotopic (exact) mass is 286 g/mol. The van der Waals surface area contributed by atoms with E-state index in [0.717, 1.165) is 5.56 Å². The van der Waals surface area contributed by atoms with E-state index in [1.165, 1.54) is 7.11 Å². The molecular weight excluding hydrogens is 268 g/mol. The first-order chi connectivity index (χ1) is 8.70. The molecule has 19 heavy (non-hydrogen) atoms. The van der Waals surface area contributed by atoms with Crippen molar-refractivity contribution in [3.8, 4) is 0 Å².